The van der Waals surface area contributed by atoms with Crippen molar-refractivity contribution in [2.75, 3.05) is 7.11 Å². The molecule has 0 aliphatic carbocycles. The van der Waals surface area contributed by atoms with Crippen LogP contribution < -0.4 is 15.6 Å². The first-order valence-electron chi connectivity index (χ1n) is 7.93. The molecule has 0 saturated carbocycles. The molecule has 27 heavy (non-hydrogen) atoms. The fourth-order valence-electron chi connectivity index (χ4n) is 2.76. The zero-order valence-electron chi connectivity index (χ0n) is 14.1. The summed E-state index contributed by atoms with van der Waals surface area (Å²) in [5.74, 6) is -0.543. The van der Waals surface area contributed by atoms with E-state index in [9.17, 15) is 22.8 Å². The first kappa shape index (κ1) is 18.5. The quantitative estimate of drug-likeness (QED) is 0.731. The maximum absolute atomic E-state index is 13.5. The number of aromatic amines is 1. The van der Waals surface area contributed by atoms with E-state index in [2.05, 4.69) is 4.98 Å². The number of halogens is 3. The second-order valence-electron chi connectivity index (χ2n) is 5.80. The van der Waals surface area contributed by atoms with Crippen molar-refractivity contribution >= 4 is 16.7 Å². The van der Waals surface area contributed by atoms with Gasteiger partial charge in [-0.15, -0.1) is 0 Å². The van der Waals surface area contributed by atoms with Crippen LogP contribution in [0.15, 0.2) is 59.5 Å². The van der Waals surface area contributed by atoms with Gasteiger partial charge in [-0.1, -0.05) is 30.3 Å². The number of H-pyrrole nitrogens is 1. The maximum atomic E-state index is 13.5. The van der Waals surface area contributed by atoms with Crippen LogP contribution in [0.25, 0.3) is 10.8 Å². The van der Waals surface area contributed by atoms with Crippen molar-refractivity contribution in [1.82, 2.24) is 10.3 Å². The fourth-order valence-corrected chi connectivity index (χ4v) is 2.76. The molecule has 0 aliphatic heterocycles. The van der Waals surface area contributed by atoms with Crippen LogP contribution in [0.2, 0.25) is 0 Å². The van der Waals surface area contributed by atoms with Gasteiger partial charge in [0, 0.05) is 17.0 Å². The smallest absolute Gasteiger partial charge is 0.412 e. The highest BCUT2D eigenvalue weighted by molar-refractivity contribution is 6.06. The van der Waals surface area contributed by atoms with Crippen LogP contribution in [0.4, 0.5) is 13.2 Å². The van der Waals surface area contributed by atoms with Crippen molar-refractivity contribution in [2.24, 2.45) is 0 Å². The summed E-state index contributed by atoms with van der Waals surface area (Å²) in [5.41, 5.74) is -0.608. The Balaban J connectivity index is 1.98. The maximum Gasteiger partial charge on any atom is 0.412 e. The van der Waals surface area contributed by atoms with Crippen molar-refractivity contribution in [3.63, 3.8) is 0 Å². The number of nitrogens with one attached hydrogen (secondary N) is 2. The second-order valence-corrected chi connectivity index (χ2v) is 5.80. The Morgan fingerprint density at radius 3 is 2.30 bits per heavy atom. The molecule has 1 aromatic heterocycles. The van der Waals surface area contributed by atoms with Gasteiger partial charge in [0.25, 0.3) is 11.5 Å². The number of alkyl halides is 3. The van der Waals surface area contributed by atoms with Gasteiger partial charge in [-0.3, -0.25) is 9.59 Å². The van der Waals surface area contributed by atoms with Crippen molar-refractivity contribution < 1.29 is 22.7 Å². The van der Waals surface area contributed by atoms with E-state index in [4.69, 9.17) is 4.74 Å². The highest BCUT2D eigenvalue weighted by Crippen LogP contribution is 2.34. The number of aromatic nitrogens is 1. The Hall–Kier alpha value is -3.29. The number of hydrogen-bond acceptors (Lipinski definition) is 3. The van der Waals surface area contributed by atoms with Crippen molar-refractivity contribution in [3.05, 3.63) is 76.2 Å². The number of methoxy groups -OCH3 is 1. The number of benzene rings is 2. The van der Waals surface area contributed by atoms with Crippen LogP contribution in [0, 0.1) is 0 Å². The lowest BCUT2D eigenvalue weighted by Gasteiger charge is -2.22. The zero-order chi connectivity index (χ0) is 19.6. The topological polar surface area (TPSA) is 71.2 Å². The third-order valence-corrected chi connectivity index (χ3v) is 4.11. The molecule has 0 aliphatic rings. The normalized spacial score (nSPS) is 12.6. The number of carbonyl (C=O) groups is 1. The summed E-state index contributed by atoms with van der Waals surface area (Å²) in [5, 5.41) is 2.50. The lowest BCUT2D eigenvalue weighted by molar-refractivity contribution is -0.155. The van der Waals surface area contributed by atoms with E-state index < -0.39 is 23.7 Å². The van der Waals surface area contributed by atoms with Gasteiger partial charge in [0.15, 0.2) is 6.04 Å². The van der Waals surface area contributed by atoms with Crippen LogP contribution in [0.3, 0.4) is 0 Å². The molecular formula is C19H15F3N2O3. The molecule has 1 heterocycles. The average Bonchev–Trinajstić information content (AvgIpc) is 2.66. The first-order chi connectivity index (χ1) is 12.8. The molecule has 2 aromatic carbocycles. The van der Waals surface area contributed by atoms with E-state index in [1.54, 1.807) is 12.1 Å². The third-order valence-electron chi connectivity index (χ3n) is 4.11. The van der Waals surface area contributed by atoms with Crippen LogP contribution >= 0.6 is 0 Å². The Morgan fingerprint density at radius 1 is 1.07 bits per heavy atom. The van der Waals surface area contributed by atoms with Crippen molar-refractivity contribution in [2.45, 2.75) is 12.2 Å². The second kappa shape index (κ2) is 7.14. The van der Waals surface area contributed by atoms with Crippen molar-refractivity contribution in [1.29, 1.82) is 0 Å². The fraction of sp³-hybridized carbons (Fsp3) is 0.158. The van der Waals surface area contributed by atoms with E-state index in [1.165, 1.54) is 43.5 Å². The van der Waals surface area contributed by atoms with Gasteiger partial charge in [0.1, 0.15) is 5.75 Å². The minimum Gasteiger partial charge on any atom is -0.497 e. The third kappa shape index (κ3) is 3.79. The van der Waals surface area contributed by atoms with Gasteiger partial charge in [0.2, 0.25) is 0 Å². The number of ether oxygens (including phenoxy) is 1. The van der Waals surface area contributed by atoms with Crippen LogP contribution in [-0.2, 0) is 0 Å². The van der Waals surface area contributed by atoms with Gasteiger partial charge in [-0.25, -0.2) is 0 Å². The highest BCUT2D eigenvalue weighted by atomic mass is 19.4. The Kier molecular flexibility index (Phi) is 4.89. The van der Waals surface area contributed by atoms with Crippen LogP contribution in [0.5, 0.6) is 5.75 Å². The minimum atomic E-state index is -4.71. The Labute approximate surface area is 151 Å². The average molecular weight is 376 g/mol. The van der Waals surface area contributed by atoms with E-state index in [0.29, 0.717) is 5.75 Å². The van der Waals surface area contributed by atoms with E-state index in [0.717, 1.165) is 6.20 Å². The molecule has 5 nitrogen and oxygen atoms in total. The number of amides is 1. The predicted octanol–water partition coefficient (Wildman–Crippen LogP) is 3.57. The molecule has 8 heteroatoms. The molecule has 0 fully saturated rings. The summed E-state index contributed by atoms with van der Waals surface area (Å²) in [4.78, 5) is 26.8. The predicted molar refractivity (Wildman–Crippen MR) is 93.8 cm³/mol. The standard InChI is InChI=1S/C19H15F3N2O3/c1-27-12-8-6-11(7-9-12)16(19(20,21)22)24-18(26)15-10-23-17(25)14-5-3-2-4-13(14)15/h2-10,16H,1H3,(H,23,25)(H,24,26)/t16-/m1/s1. The molecule has 1 atom stereocenters. The molecule has 0 unspecified atom stereocenters. The summed E-state index contributed by atoms with van der Waals surface area (Å²) in [6.07, 6.45) is -3.59. The molecular weight excluding hydrogens is 361 g/mol. The van der Waals surface area contributed by atoms with Crippen molar-refractivity contribution in [3.8, 4) is 5.75 Å². The first-order valence-corrected chi connectivity index (χ1v) is 7.93. The molecule has 3 aromatic rings. The van der Waals surface area contributed by atoms with E-state index in [1.807, 2.05) is 5.32 Å². The summed E-state index contributed by atoms with van der Waals surface area (Å²) in [6, 6.07) is 9.25. The van der Waals surface area contributed by atoms with Gasteiger partial charge in [-0.05, 0) is 23.8 Å². The van der Waals surface area contributed by atoms with Crippen LogP contribution in [0.1, 0.15) is 22.0 Å². The number of fused-ring (bicyclic) bond motifs is 1. The van der Waals surface area contributed by atoms with Gasteiger partial charge >= 0.3 is 6.18 Å². The Bertz CT molecular complexity index is 1030. The number of hydrogen-bond donors (Lipinski definition) is 2. The number of carbonyl (C=O) groups excluding carboxylic acids is 1. The molecule has 140 valence electrons. The molecule has 0 spiro atoms. The minimum absolute atomic E-state index is 0.0482. The van der Waals surface area contributed by atoms with E-state index in [-0.39, 0.29) is 21.9 Å². The van der Waals surface area contributed by atoms with Gasteiger partial charge in [0.05, 0.1) is 12.7 Å². The lowest BCUT2D eigenvalue weighted by atomic mass is 10.0. The SMILES string of the molecule is COc1ccc([C@@H](NC(=O)c2c[nH]c(=O)c3ccccc23)C(F)(F)F)cc1. The Morgan fingerprint density at radius 2 is 1.70 bits per heavy atom. The summed E-state index contributed by atoms with van der Waals surface area (Å²) < 4.78 is 45.6. The summed E-state index contributed by atoms with van der Waals surface area (Å²) in [7, 11) is 1.40. The number of rotatable bonds is 4. The molecule has 0 saturated heterocycles. The molecule has 1 amide bonds. The van der Waals surface area contributed by atoms with Gasteiger partial charge in [-0.2, -0.15) is 13.2 Å². The highest BCUT2D eigenvalue weighted by Gasteiger charge is 2.42. The monoisotopic (exact) mass is 376 g/mol. The number of pyridine rings is 1. The lowest BCUT2D eigenvalue weighted by Crippen LogP contribution is -2.38. The van der Waals surface area contributed by atoms with Gasteiger partial charge < -0.3 is 15.0 Å². The summed E-state index contributed by atoms with van der Waals surface area (Å²) in [6.45, 7) is 0. The molecule has 0 bridgehead atoms. The summed E-state index contributed by atoms with van der Waals surface area (Å²) >= 11 is 0. The largest absolute Gasteiger partial charge is 0.497 e. The molecule has 0 radical (unpaired) electrons. The van der Waals surface area contributed by atoms with E-state index >= 15 is 0 Å². The zero-order valence-corrected chi connectivity index (χ0v) is 14.1. The molecule has 2 N–H and O–H groups in total. The van der Waals surface area contributed by atoms with Crippen LogP contribution in [-0.4, -0.2) is 24.2 Å². The molecule has 3 rings (SSSR count).